The zero-order valence-electron chi connectivity index (χ0n) is 14.9. The summed E-state index contributed by atoms with van der Waals surface area (Å²) in [5.74, 6) is -0.976. The molecule has 0 aliphatic carbocycles. The maximum atomic E-state index is 12.6. The van der Waals surface area contributed by atoms with E-state index in [2.05, 4.69) is 31.0 Å². The Bertz CT molecular complexity index is 1190. The molecule has 0 bridgehead atoms. The number of aromatic amines is 1. The van der Waals surface area contributed by atoms with Gasteiger partial charge in [-0.1, -0.05) is 0 Å². The van der Waals surface area contributed by atoms with Crippen molar-refractivity contribution >= 4 is 23.4 Å². The van der Waals surface area contributed by atoms with Crippen LogP contribution in [-0.4, -0.2) is 48.5 Å². The van der Waals surface area contributed by atoms with Crippen molar-refractivity contribution in [1.29, 1.82) is 0 Å². The zero-order chi connectivity index (χ0) is 20.1. The van der Waals surface area contributed by atoms with E-state index in [9.17, 15) is 19.2 Å². The predicted octanol–water partition coefficient (Wildman–Crippen LogP) is -1.47. The van der Waals surface area contributed by atoms with E-state index in [1.54, 1.807) is 30.9 Å². The van der Waals surface area contributed by atoms with Gasteiger partial charge in [0.2, 0.25) is 0 Å². The van der Waals surface area contributed by atoms with Gasteiger partial charge in [-0.05, 0) is 6.92 Å². The number of imidazole rings is 1. The zero-order valence-corrected chi connectivity index (χ0v) is 14.9. The van der Waals surface area contributed by atoms with Gasteiger partial charge >= 0.3 is 6.03 Å². The number of aromatic nitrogens is 5. The van der Waals surface area contributed by atoms with Crippen molar-refractivity contribution in [3.8, 4) is 0 Å². The first-order valence-electron chi connectivity index (χ1n) is 8.29. The number of H-pyrrole nitrogens is 1. The van der Waals surface area contributed by atoms with Gasteiger partial charge in [-0.2, -0.15) is 5.10 Å². The first kappa shape index (κ1) is 17.5. The molecule has 1 aliphatic rings. The Hall–Kier alpha value is -3.96. The van der Waals surface area contributed by atoms with Gasteiger partial charge in [0.05, 0.1) is 6.54 Å². The molecule has 0 spiro atoms. The molecule has 0 aromatic carbocycles. The molecule has 4 amide bonds. The minimum absolute atomic E-state index is 0.00387. The third-order valence-corrected chi connectivity index (χ3v) is 4.49. The first-order chi connectivity index (χ1) is 13.3. The van der Waals surface area contributed by atoms with Crippen LogP contribution in [0.2, 0.25) is 0 Å². The Morgan fingerprint density at radius 1 is 1.32 bits per heavy atom. The largest absolute Gasteiger partial charge is 0.347 e. The SMILES string of the molecule is Cc1cn2nc(C(=O)NCC3(c4nccn4C)NC(=O)NC3=O)cc2c(=O)[nH]1. The lowest BCUT2D eigenvalue weighted by atomic mass is 9.98. The number of hydrogen-bond donors (Lipinski definition) is 4. The number of fused-ring (bicyclic) bond motifs is 1. The Balaban J connectivity index is 1.63. The molecule has 3 aromatic rings. The maximum absolute atomic E-state index is 12.6. The van der Waals surface area contributed by atoms with Crippen LogP contribution < -0.4 is 21.5 Å². The molecule has 1 aliphatic heterocycles. The molecule has 144 valence electrons. The number of carbonyl (C=O) groups excluding carboxylic acids is 3. The van der Waals surface area contributed by atoms with Crippen LogP contribution in [0.3, 0.4) is 0 Å². The van der Waals surface area contributed by atoms with Crippen LogP contribution in [0.4, 0.5) is 4.79 Å². The molecule has 0 radical (unpaired) electrons. The van der Waals surface area contributed by atoms with Crippen molar-refractivity contribution in [1.82, 2.24) is 40.1 Å². The summed E-state index contributed by atoms with van der Waals surface area (Å²) in [5, 5.41) is 11.4. The lowest BCUT2D eigenvalue weighted by Gasteiger charge is -2.25. The number of nitrogens with zero attached hydrogens (tertiary/aromatic N) is 4. The molecular formula is C16H16N8O4. The van der Waals surface area contributed by atoms with E-state index in [1.165, 1.54) is 16.8 Å². The van der Waals surface area contributed by atoms with Crippen LogP contribution in [0.15, 0.2) is 29.5 Å². The highest BCUT2D eigenvalue weighted by Gasteiger charge is 2.50. The van der Waals surface area contributed by atoms with Crippen molar-refractivity contribution in [3.05, 3.63) is 52.2 Å². The maximum Gasteiger partial charge on any atom is 0.322 e. The summed E-state index contributed by atoms with van der Waals surface area (Å²) in [5.41, 5.74) is -1.14. The fourth-order valence-corrected chi connectivity index (χ4v) is 3.17. The number of aryl methyl sites for hydroxylation is 2. The molecule has 4 rings (SSSR count). The number of imide groups is 1. The van der Waals surface area contributed by atoms with Crippen molar-refractivity contribution in [2.75, 3.05) is 6.54 Å². The third kappa shape index (κ3) is 2.62. The number of hydrogen-bond acceptors (Lipinski definition) is 6. The number of rotatable bonds is 4. The molecule has 3 aromatic heterocycles. The van der Waals surface area contributed by atoms with E-state index < -0.39 is 23.4 Å². The number of amides is 4. The molecule has 1 unspecified atom stereocenters. The van der Waals surface area contributed by atoms with Crippen LogP contribution in [0.5, 0.6) is 0 Å². The van der Waals surface area contributed by atoms with Crippen molar-refractivity contribution in [2.24, 2.45) is 7.05 Å². The lowest BCUT2D eigenvalue weighted by Crippen LogP contribution is -2.54. The van der Waals surface area contributed by atoms with Gasteiger partial charge in [-0.25, -0.2) is 14.3 Å². The van der Waals surface area contributed by atoms with E-state index in [0.717, 1.165) is 0 Å². The van der Waals surface area contributed by atoms with Crippen LogP contribution in [0, 0.1) is 6.92 Å². The summed E-state index contributed by atoms with van der Waals surface area (Å²) in [6.07, 6.45) is 4.67. The second-order valence-corrected chi connectivity index (χ2v) is 6.48. The van der Waals surface area contributed by atoms with E-state index >= 15 is 0 Å². The van der Waals surface area contributed by atoms with Crippen LogP contribution in [0.25, 0.3) is 5.52 Å². The van der Waals surface area contributed by atoms with E-state index in [4.69, 9.17) is 0 Å². The van der Waals surface area contributed by atoms with Gasteiger partial charge in [-0.15, -0.1) is 0 Å². The summed E-state index contributed by atoms with van der Waals surface area (Å²) >= 11 is 0. The van der Waals surface area contributed by atoms with Crippen LogP contribution in [-0.2, 0) is 17.4 Å². The first-order valence-corrected chi connectivity index (χ1v) is 8.29. The predicted molar refractivity (Wildman–Crippen MR) is 94.4 cm³/mol. The number of urea groups is 1. The molecule has 0 saturated carbocycles. The van der Waals surface area contributed by atoms with Crippen LogP contribution >= 0.6 is 0 Å². The molecule has 4 N–H and O–H groups in total. The summed E-state index contributed by atoms with van der Waals surface area (Å²) < 4.78 is 2.88. The van der Waals surface area contributed by atoms with Crippen molar-refractivity contribution in [2.45, 2.75) is 12.5 Å². The number of carbonyl (C=O) groups is 3. The van der Waals surface area contributed by atoms with Gasteiger partial charge in [0.1, 0.15) is 11.3 Å². The monoisotopic (exact) mass is 384 g/mol. The Morgan fingerprint density at radius 2 is 2.11 bits per heavy atom. The molecule has 28 heavy (non-hydrogen) atoms. The van der Waals surface area contributed by atoms with Crippen molar-refractivity contribution in [3.63, 3.8) is 0 Å². The minimum atomic E-state index is -1.56. The number of nitrogens with one attached hydrogen (secondary N) is 4. The average Bonchev–Trinajstić information content (AvgIpc) is 3.30. The van der Waals surface area contributed by atoms with Crippen molar-refractivity contribution < 1.29 is 14.4 Å². The molecule has 1 atom stereocenters. The molecule has 1 fully saturated rings. The Kier molecular flexibility index (Phi) is 3.77. The van der Waals surface area contributed by atoms with Gasteiger partial charge in [-0.3, -0.25) is 19.7 Å². The molecule has 12 nitrogen and oxygen atoms in total. The second kappa shape index (κ2) is 6.04. The summed E-state index contributed by atoms with van der Waals surface area (Å²) in [6.45, 7) is 1.44. The summed E-state index contributed by atoms with van der Waals surface area (Å²) in [7, 11) is 1.67. The van der Waals surface area contributed by atoms with Gasteiger partial charge in [0.25, 0.3) is 17.4 Å². The Labute approximate surface area is 156 Å². The van der Waals surface area contributed by atoms with Gasteiger partial charge < -0.3 is 20.2 Å². The fourth-order valence-electron chi connectivity index (χ4n) is 3.17. The normalized spacial score (nSPS) is 18.9. The standard InChI is InChI=1S/C16H16N8O4/c1-8-6-24-10(12(26)19-8)5-9(22-24)11(25)18-7-16(13-17-3-4-23(13)2)14(27)20-15(28)21-16/h3-6H,7H2,1-2H3,(H,18,25)(H,19,26)(H2,20,21,27,28). The molecule has 4 heterocycles. The van der Waals surface area contributed by atoms with Gasteiger partial charge in [0, 0.05) is 37.4 Å². The quantitative estimate of drug-likeness (QED) is 0.403. The highest BCUT2D eigenvalue weighted by atomic mass is 16.2. The fraction of sp³-hybridized carbons (Fsp3) is 0.250. The van der Waals surface area contributed by atoms with E-state index in [0.29, 0.717) is 5.69 Å². The smallest absolute Gasteiger partial charge is 0.322 e. The third-order valence-electron chi connectivity index (χ3n) is 4.49. The van der Waals surface area contributed by atoms with E-state index in [-0.39, 0.29) is 29.1 Å². The van der Waals surface area contributed by atoms with Gasteiger partial charge in [0.15, 0.2) is 11.2 Å². The highest BCUT2D eigenvalue weighted by Crippen LogP contribution is 2.22. The topological polar surface area (TPSA) is 155 Å². The molecule has 12 heteroatoms. The second-order valence-electron chi connectivity index (χ2n) is 6.48. The Morgan fingerprint density at radius 3 is 2.75 bits per heavy atom. The average molecular weight is 384 g/mol. The van der Waals surface area contributed by atoms with Crippen LogP contribution in [0.1, 0.15) is 22.0 Å². The lowest BCUT2D eigenvalue weighted by molar-refractivity contribution is -0.124. The highest BCUT2D eigenvalue weighted by molar-refractivity contribution is 6.07. The summed E-state index contributed by atoms with van der Waals surface area (Å²) in [6, 6.07) is 0.658. The molecule has 1 saturated heterocycles. The van der Waals surface area contributed by atoms with E-state index in [1.807, 2.05) is 0 Å². The molecular weight excluding hydrogens is 368 g/mol. The summed E-state index contributed by atoms with van der Waals surface area (Å²) in [4.78, 5) is 55.5. The minimum Gasteiger partial charge on any atom is -0.347 e.